The Morgan fingerprint density at radius 3 is 2.53 bits per heavy atom. The molecule has 0 bridgehead atoms. The van der Waals surface area contributed by atoms with E-state index in [2.05, 4.69) is 21.0 Å². The van der Waals surface area contributed by atoms with Crippen molar-refractivity contribution < 1.29 is 4.42 Å². The fourth-order valence-corrected chi connectivity index (χ4v) is 2.19. The SMILES string of the molecule is Nc1cc(-c2ccc(Br)o2)nn1-c1ccc(Cl)cc1. The van der Waals surface area contributed by atoms with E-state index in [0.29, 0.717) is 27.0 Å². The van der Waals surface area contributed by atoms with Gasteiger partial charge in [0.25, 0.3) is 0 Å². The fraction of sp³-hybridized carbons (Fsp3) is 0. The molecule has 0 spiro atoms. The van der Waals surface area contributed by atoms with Crippen molar-refractivity contribution in [3.63, 3.8) is 0 Å². The summed E-state index contributed by atoms with van der Waals surface area (Å²) < 4.78 is 7.75. The number of benzene rings is 1. The number of rotatable bonds is 2. The molecule has 4 nitrogen and oxygen atoms in total. The van der Waals surface area contributed by atoms with Crippen LogP contribution in [0.2, 0.25) is 5.02 Å². The maximum absolute atomic E-state index is 5.97. The van der Waals surface area contributed by atoms with Crippen molar-refractivity contribution in [3.8, 4) is 17.1 Å². The summed E-state index contributed by atoms with van der Waals surface area (Å²) in [4.78, 5) is 0. The molecule has 2 aromatic heterocycles. The Hall–Kier alpha value is -1.72. The van der Waals surface area contributed by atoms with Crippen LogP contribution in [0.1, 0.15) is 0 Å². The molecule has 0 fully saturated rings. The molecule has 0 saturated carbocycles. The van der Waals surface area contributed by atoms with Crippen LogP contribution in [0, 0.1) is 0 Å². The molecule has 19 heavy (non-hydrogen) atoms. The second-order valence-corrected chi connectivity index (χ2v) is 5.16. The molecule has 1 aromatic carbocycles. The zero-order valence-corrected chi connectivity index (χ0v) is 12.0. The average Bonchev–Trinajstić information content (AvgIpc) is 2.97. The van der Waals surface area contributed by atoms with E-state index in [4.69, 9.17) is 21.8 Å². The molecule has 96 valence electrons. The molecule has 6 heteroatoms. The molecule has 0 aliphatic heterocycles. The lowest BCUT2D eigenvalue weighted by molar-refractivity contribution is 0.553. The predicted molar refractivity (Wildman–Crippen MR) is 78.4 cm³/mol. The second-order valence-electron chi connectivity index (χ2n) is 3.95. The summed E-state index contributed by atoms with van der Waals surface area (Å²) in [6.45, 7) is 0. The second kappa shape index (κ2) is 4.75. The number of furan rings is 1. The highest BCUT2D eigenvalue weighted by Gasteiger charge is 2.11. The van der Waals surface area contributed by atoms with Crippen LogP contribution in [0.5, 0.6) is 0 Å². The first kappa shape index (κ1) is 12.3. The summed E-state index contributed by atoms with van der Waals surface area (Å²) in [7, 11) is 0. The van der Waals surface area contributed by atoms with Crippen molar-refractivity contribution in [3.05, 3.63) is 52.2 Å². The Morgan fingerprint density at radius 1 is 1.16 bits per heavy atom. The smallest absolute Gasteiger partial charge is 0.169 e. The van der Waals surface area contributed by atoms with Crippen molar-refractivity contribution in [2.45, 2.75) is 0 Å². The minimum absolute atomic E-state index is 0.532. The molecule has 2 N–H and O–H groups in total. The highest BCUT2D eigenvalue weighted by atomic mass is 79.9. The van der Waals surface area contributed by atoms with Crippen molar-refractivity contribution >= 4 is 33.3 Å². The van der Waals surface area contributed by atoms with Gasteiger partial charge in [-0.2, -0.15) is 5.10 Å². The molecule has 0 aliphatic rings. The molecule has 3 aromatic rings. The van der Waals surface area contributed by atoms with Gasteiger partial charge in [-0.3, -0.25) is 0 Å². The number of nitrogens with two attached hydrogens (primary N) is 1. The molecule has 2 heterocycles. The van der Waals surface area contributed by atoms with E-state index in [-0.39, 0.29) is 0 Å². The van der Waals surface area contributed by atoms with E-state index in [1.165, 1.54) is 0 Å². The first-order chi connectivity index (χ1) is 9.13. The standard InChI is InChI=1S/C13H9BrClN3O/c14-12-6-5-11(19-12)10-7-13(16)18(17-10)9-3-1-8(15)2-4-9/h1-7H,16H2. The first-order valence-corrected chi connectivity index (χ1v) is 6.68. The van der Waals surface area contributed by atoms with Crippen LogP contribution in [-0.2, 0) is 0 Å². The van der Waals surface area contributed by atoms with Crippen molar-refractivity contribution in [1.82, 2.24) is 9.78 Å². The van der Waals surface area contributed by atoms with Crippen LogP contribution in [0.3, 0.4) is 0 Å². The van der Waals surface area contributed by atoms with Crippen LogP contribution in [0.15, 0.2) is 51.6 Å². The summed E-state index contributed by atoms with van der Waals surface area (Å²) in [6.07, 6.45) is 0. The largest absolute Gasteiger partial charge is 0.448 e. The fourth-order valence-electron chi connectivity index (χ4n) is 1.76. The van der Waals surface area contributed by atoms with E-state index in [9.17, 15) is 0 Å². The minimum atomic E-state index is 0.532. The van der Waals surface area contributed by atoms with Gasteiger partial charge in [-0.25, -0.2) is 4.68 Å². The van der Waals surface area contributed by atoms with E-state index in [0.717, 1.165) is 5.69 Å². The number of hydrogen-bond acceptors (Lipinski definition) is 3. The van der Waals surface area contributed by atoms with E-state index < -0.39 is 0 Å². The number of hydrogen-bond donors (Lipinski definition) is 1. The predicted octanol–water partition coefficient (Wildman–Crippen LogP) is 4.13. The van der Waals surface area contributed by atoms with Crippen molar-refractivity contribution in [2.24, 2.45) is 0 Å². The topological polar surface area (TPSA) is 57.0 Å². The molecular weight excluding hydrogens is 330 g/mol. The molecule has 0 amide bonds. The van der Waals surface area contributed by atoms with Gasteiger partial charge in [0, 0.05) is 11.1 Å². The summed E-state index contributed by atoms with van der Waals surface area (Å²) in [5.41, 5.74) is 7.49. The zero-order valence-electron chi connectivity index (χ0n) is 9.68. The monoisotopic (exact) mass is 337 g/mol. The number of aromatic nitrogens is 2. The van der Waals surface area contributed by atoms with Gasteiger partial charge in [0.15, 0.2) is 10.4 Å². The molecular formula is C13H9BrClN3O. The van der Waals surface area contributed by atoms with Gasteiger partial charge in [-0.05, 0) is 52.3 Å². The lowest BCUT2D eigenvalue weighted by Gasteiger charge is -2.03. The Morgan fingerprint density at radius 2 is 1.89 bits per heavy atom. The Kier molecular flexibility index (Phi) is 3.08. The summed E-state index contributed by atoms with van der Waals surface area (Å²) >= 11 is 9.12. The molecule has 0 atom stereocenters. The van der Waals surface area contributed by atoms with Gasteiger partial charge < -0.3 is 10.2 Å². The molecule has 0 unspecified atom stereocenters. The van der Waals surface area contributed by atoms with E-state index in [1.807, 2.05) is 24.3 Å². The van der Waals surface area contributed by atoms with Gasteiger partial charge in [0.2, 0.25) is 0 Å². The van der Waals surface area contributed by atoms with Crippen molar-refractivity contribution in [2.75, 3.05) is 5.73 Å². The van der Waals surface area contributed by atoms with Crippen molar-refractivity contribution in [1.29, 1.82) is 0 Å². The Balaban J connectivity index is 2.04. The van der Waals surface area contributed by atoms with E-state index >= 15 is 0 Å². The van der Waals surface area contributed by atoms with Crippen LogP contribution >= 0.6 is 27.5 Å². The van der Waals surface area contributed by atoms with Crippen LogP contribution in [0.4, 0.5) is 5.82 Å². The minimum Gasteiger partial charge on any atom is -0.448 e. The number of halogens is 2. The van der Waals surface area contributed by atoms with E-state index in [1.54, 1.807) is 22.9 Å². The maximum Gasteiger partial charge on any atom is 0.169 e. The van der Waals surface area contributed by atoms with Crippen LogP contribution in [-0.4, -0.2) is 9.78 Å². The average molecular weight is 339 g/mol. The third kappa shape index (κ3) is 2.39. The van der Waals surface area contributed by atoms with Gasteiger partial charge >= 0.3 is 0 Å². The molecule has 0 saturated heterocycles. The first-order valence-electron chi connectivity index (χ1n) is 5.51. The highest BCUT2D eigenvalue weighted by Crippen LogP contribution is 2.27. The van der Waals surface area contributed by atoms with Gasteiger partial charge in [-0.15, -0.1) is 0 Å². The van der Waals surface area contributed by atoms with Gasteiger partial charge in [0.05, 0.1) is 5.69 Å². The summed E-state index contributed by atoms with van der Waals surface area (Å²) in [5, 5.41) is 5.10. The van der Waals surface area contributed by atoms with Crippen LogP contribution < -0.4 is 5.73 Å². The number of nitrogens with zero attached hydrogens (tertiary/aromatic N) is 2. The zero-order chi connectivity index (χ0) is 13.4. The normalized spacial score (nSPS) is 10.8. The lowest BCUT2D eigenvalue weighted by Crippen LogP contribution is -2.01. The number of nitrogen functional groups attached to an aromatic ring is 1. The van der Waals surface area contributed by atoms with Gasteiger partial charge in [-0.1, -0.05) is 11.6 Å². The third-order valence-electron chi connectivity index (χ3n) is 2.63. The van der Waals surface area contributed by atoms with Crippen LogP contribution in [0.25, 0.3) is 17.1 Å². The molecule has 0 radical (unpaired) electrons. The Bertz CT molecular complexity index is 718. The number of anilines is 1. The van der Waals surface area contributed by atoms with Gasteiger partial charge in [0.1, 0.15) is 11.5 Å². The lowest BCUT2D eigenvalue weighted by atomic mass is 10.3. The Labute approximate surface area is 122 Å². The quantitative estimate of drug-likeness (QED) is 0.764. The molecule has 3 rings (SSSR count). The summed E-state index contributed by atoms with van der Waals surface area (Å²) in [6, 6.07) is 12.7. The summed E-state index contributed by atoms with van der Waals surface area (Å²) in [5.74, 6) is 1.19. The third-order valence-corrected chi connectivity index (χ3v) is 3.31. The maximum atomic E-state index is 5.97. The highest BCUT2D eigenvalue weighted by molar-refractivity contribution is 9.10. The molecule has 0 aliphatic carbocycles.